The number of anilines is 1. The number of halogens is 1. The Bertz CT molecular complexity index is 1600. The summed E-state index contributed by atoms with van der Waals surface area (Å²) in [4.78, 5) is 65.5. The number of nitrogens with one attached hydrogen (secondary N) is 2. The minimum Gasteiger partial charge on any atom is -0.501 e. The molecule has 2 bridgehead atoms. The maximum absolute atomic E-state index is 13.4. The highest BCUT2D eigenvalue weighted by atomic mass is 19.1. The number of hydrogen-bond donors (Lipinski definition) is 3. The molecule has 43 heavy (non-hydrogen) atoms. The second-order valence-electron chi connectivity index (χ2n) is 11.3. The summed E-state index contributed by atoms with van der Waals surface area (Å²) in [7, 11) is 0. The monoisotopic (exact) mass is 589 g/mol. The van der Waals surface area contributed by atoms with Gasteiger partial charge < -0.3 is 25.5 Å². The number of hydrogen-bond acceptors (Lipinski definition) is 8. The highest BCUT2D eigenvalue weighted by Crippen LogP contribution is 2.43. The molecule has 2 aromatic heterocycles. The number of pyridine rings is 1. The van der Waals surface area contributed by atoms with Crippen LogP contribution in [0, 0.1) is 11.7 Å². The highest BCUT2D eigenvalue weighted by molar-refractivity contribution is 6.35. The number of rotatable bonds is 5. The van der Waals surface area contributed by atoms with Crippen LogP contribution in [-0.4, -0.2) is 68.4 Å². The molecule has 1 aromatic carbocycles. The van der Waals surface area contributed by atoms with Crippen molar-refractivity contribution in [3.63, 3.8) is 0 Å². The number of aromatic hydroxyl groups is 1. The molecule has 3 N–H and O–H groups in total. The summed E-state index contributed by atoms with van der Waals surface area (Å²) >= 11 is 0. The van der Waals surface area contributed by atoms with Gasteiger partial charge in [0.1, 0.15) is 17.5 Å². The molecule has 2 fully saturated rings. The van der Waals surface area contributed by atoms with Crippen LogP contribution in [-0.2, 0) is 28.2 Å². The van der Waals surface area contributed by atoms with Gasteiger partial charge in [-0.05, 0) is 61.4 Å². The number of amides is 3. The van der Waals surface area contributed by atoms with Crippen molar-refractivity contribution in [2.75, 3.05) is 31.1 Å². The molecule has 0 unspecified atom stereocenters. The normalized spacial score (nSPS) is 21.1. The molecule has 12 nitrogen and oxygen atoms in total. The lowest BCUT2D eigenvalue weighted by molar-refractivity contribution is -0.147. The molecule has 7 rings (SSSR count). The number of benzene rings is 1. The van der Waals surface area contributed by atoms with Crippen molar-refractivity contribution in [3.05, 3.63) is 81.9 Å². The molecule has 3 aliphatic heterocycles. The van der Waals surface area contributed by atoms with E-state index >= 15 is 0 Å². The summed E-state index contributed by atoms with van der Waals surface area (Å²) in [6, 6.07) is 11.2. The van der Waals surface area contributed by atoms with Crippen LogP contribution in [0.15, 0.2) is 53.5 Å². The van der Waals surface area contributed by atoms with Crippen molar-refractivity contribution in [1.82, 2.24) is 30.1 Å². The van der Waals surface area contributed by atoms with Crippen molar-refractivity contribution in [2.24, 2.45) is 5.92 Å². The molecule has 0 spiro atoms. The summed E-state index contributed by atoms with van der Waals surface area (Å²) in [5.41, 5.74) is -1.79. The lowest BCUT2D eigenvalue weighted by Gasteiger charge is -2.38. The van der Waals surface area contributed by atoms with E-state index in [-0.39, 0.29) is 24.8 Å². The number of aromatic nitrogens is 3. The zero-order valence-corrected chi connectivity index (χ0v) is 23.5. The molecule has 5 heterocycles. The van der Waals surface area contributed by atoms with Crippen molar-refractivity contribution < 1.29 is 23.9 Å². The van der Waals surface area contributed by atoms with Crippen LogP contribution in [0.5, 0.6) is 5.75 Å². The van der Waals surface area contributed by atoms with Crippen molar-refractivity contribution in [1.29, 1.82) is 0 Å². The third kappa shape index (κ3) is 5.54. The summed E-state index contributed by atoms with van der Waals surface area (Å²) in [5, 5.41) is 16.2. The van der Waals surface area contributed by atoms with Gasteiger partial charge in [0.25, 0.3) is 11.5 Å². The van der Waals surface area contributed by atoms with Gasteiger partial charge >= 0.3 is 11.8 Å². The van der Waals surface area contributed by atoms with Crippen LogP contribution in [0.1, 0.15) is 47.6 Å². The van der Waals surface area contributed by atoms with Gasteiger partial charge in [-0.3, -0.25) is 23.7 Å². The lowest BCUT2D eigenvalue weighted by Crippen LogP contribution is -2.57. The molecular formula is C30H32FN7O5. The maximum atomic E-state index is 13.4. The lowest BCUT2D eigenvalue weighted by atomic mass is 9.77. The number of carbonyl (C=O) groups is 3. The first-order chi connectivity index (χ1) is 20.7. The Balaban J connectivity index is 1.22. The Morgan fingerprint density at radius 1 is 1.02 bits per heavy atom. The van der Waals surface area contributed by atoms with Crippen LogP contribution in [0.3, 0.4) is 0 Å². The SMILES string of the molecule is O=C(NC12CCC(CC1)Cn1c2nc(C(=O)NCc2ccc(F)cc2)c(O)c1=O)C(=O)N1CCN(c2ccccn2)CC1. The topological polar surface area (TPSA) is 150 Å². The first kappa shape index (κ1) is 28.3. The van der Waals surface area contributed by atoms with E-state index in [1.54, 1.807) is 6.20 Å². The fourth-order valence-corrected chi connectivity index (χ4v) is 6.22. The minimum absolute atomic E-state index is 0.0186. The van der Waals surface area contributed by atoms with Gasteiger partial charge in [-0.25, -0.2) is 14.4 Å². The molecule has 1 aliphatic carbocycles. The Hall–Kier alpha value is -4.81. The molecule has 3 aromatic rings. The molecule has 4 aliphatic rings. The Morgan fingerprint density at radius 3 is 2.42 bits per heavy atom. The summed E-state index contributed by atoms with van der Waals surface area (Å²) < 4.78 is 14.6. The number of nitrogens with zero attached hydrogens (tertiary/aromatic N) is 5. The van der Waals surface area contributed by atoms with E-state index in [0.717, 1.165) is 5.82 Å². The number of carbonyl (C=O) groups excluding carboxylic acids is 3. The number of piperazine rings is 1. The third-order valence-electron chi connectivity index (χ3n) is 8.64. The first-order valence-electron chi connectivity index (χ1n) is 14.4. The van der Waals surface area contributed by atoms with E-state index in [2.05, 4.69) is 25.5 Å². The van der Waals surface area contributed by atoms with Crippen molar-refractivity contribution in [2.45, 2.75) is 44.3 Å². The molecule has 0 atom stereocenters. The van der Waals surface area contributed by atoms with Gasteiger partial charge in [0, 0.05) is 45.5 Å². The van der Waals surface area contributed by atoms with E-state index in [9.17, 15) is 28.7 Å². The zero-order chi connectivity index (χ0) is 30.1. The smallest absolute Gasteiger partial charge is 0.312 e. The predicted molar refractivity (Wildman–Crippen MR) is 153 cm³/mol. The molecule has 13 heteroatoms. The summed E-state index contributed by atoms with van der Waals surface area (Å²) in [6.07, 6.45) is 3.91. The zero-order valence-electron chi connectivity index (χ0n) is 23.5. The van der Waals surface area contributed by atoms with Crippen LogP contribution in [0.4, 0.5) is 10.2 Å². The van der Waals surface area contributed by atoms with Gasteiger partial charge in [-0.2, -0.15) is 0 Å². The Kier molecular flexibility index (Phi) is 7.55. The molecule has 3 amide bonds. The first-order valence-corrected chi connectivity index (χ1v) is 14.4. The third-order valence-corrected chi connectivity index (χ3v) is 8.64. The van der Waals surface area contributed by atoms with Crippen LogP contribution >= 0.6 is 0 Å². The minimum atomic E-state index is -1.16. The average Bonchev–Trinajstić information content (AvgIpc) is 3.28. The molecule has 1 saturated carbocycles. The van der Waals surface area contributed by atoms with Gasteiger partial charge in [0.15, 0.2) is 5.69 Å². The fourth-order valence-electron chi connectivity index (χ4n) is 6.22. The molecule has 1 saturated heterocycles. The van der Waals surface area contributed by atoms with Gasteiger partial charge in [-0.15, -0.1) is 0 Å². The van der Waals surface area contributed by atoms with Gasteiger partial charge in [-0.1, -0.05) is 18.2 Å². The fraction of sp³-hybridized carbons (Fsp3) is 0.400. The molecule has 224 valence electrons. The van der Waals surface area contributed by atoms with E-state index < -0.39 is 46.1 Å². The second kappa shape index (κ2) is 11.5. The van der Waals surface area contributed by atoms with Gasteiger partial charge in [0.05, 0.1) is 5.54 Å². The average molecular weight is 590 g/mol. The van der Waals surface area contributed by atoms with E-state index in [0.29, 0.717) is 57.4 Å². The standard InChI is InChI=1S/C30H32FN7O5/c31-21-6-4-19(5-7-21)17-33-25(40)23-24(39)27(42)38-18-20-8-10-30(11-9-20,29(38)34-23)35-26(41)28(43)37-15-13-36(14-16-37)22-3-1-2-12-32-22/h1-7,12,20,39H,8-11,13-18H2,(H,33,40)(H,35,41). The number of fused-ring (bicyclic) bond motifs is 2. The van der Waals surface area contributed by atoms with Crippen LogP contribution < -0.4 is 21.1 Å². The predicted octanol–water partition coefficient (Wildman–Crippen LogP) is 1.28. The van der Waals surface area contributed by atoms with Crippen molar-refractivity contribution in [3.8, 4) is 5.75 Å². The summed E-state index contributed by atoms with van der Waals surface area (Å²) in [6.45, 7) is 2.05. The Labute approximate surface area is 246 Å². The summed E-state index contributed by atoms with van der Waals surface area (Å²) in [5.74, 6) is -2.38. The van der Waals surface area contributed by atoms with E-state index in [1.807, 2.05) is 18.2 Å². The highest BCUT2D eigenvalue weighted by Gasteiger charge is 2.47. The van der Waals surface area contributed by atoms with Crippen LogP contribution in [0.2, 0.25) is 0 Å². The van der Waals surface area contributed by atoms with Crippen LogP contribution in [0.25, 0.3) is 0 Å². The van der Waals surface area contributed by atoms with E-state index in [4.69, 9.17) is 0 Å². The van der Waals surface area contributed by atoms with Gasteiger partial charge in [0.2, 0.25) is 5.75 Å². The Morgan fingerprint density at radius 2 is 1.74 bits per heavy atom. The largest absolute Gasteiger partial charge is 0.501 e. The maximum Gasteiger partial charge on any atom is 0.312 e. The quantitative estimate of drug-likeness (QED) is 0.377. The second-order valence-corrected chi connectivity index (χ2v) is 11.3. The van der Waals surface area contributed by atoms with Crippen molar-refractivity contribution >= 4 is 23.5 Å². The molecule has 0 radical (unpaired) electrons. The molecular weight excluding hydrogens is 557 g/mol. The van der Waals surface area contributed by atoms with E-state index in [1.165, 1.54) is 33.7 Å².